The standard InChI is InChI=1S/C14H19N3/c1-3-11-6-5-7-12(10-11)13(15-4-2)14-16-8-9-17-14/h5-10,13,15H,3-4H2,1-2H3,(H,16,17). The van der Waals surface area contributed by atoms with Crippen molar-refractivity contribution in [2.45, 2.75) is 26.3 Å². The van der Waals surface area contributed by atoms with Crippen molar-refractivity contribution in [3.05, 3.63) is 53.6 Å². The second-order valence-corrected chi connectivity index (χ2v) is 4.06. The lowest BCUT2D eigenvalue weighted by Gasteiger charge is -2.16. The first-order valence-electron chi connectivity index (χ1n) is 6.16. The Hall–Kier alpha value is -1.61. The largest absolute Gasteiger partial charge is 0.347 e. The molecule has 0 spiro atoms. The van der Waals surface area contributed by atoms with Gasteiger partial charge in [0.25, 0.3) is 0 Å². The van der Waals surface area contributed by atoms with E-state index >= 15 is 0 Å². The van der Waals surface area contributed by atoms with Crippen molar-refractivity contribution in [3.8, 4) is 0 Å². The summed E-state index contributed by atoms with van der Waals surface area (Å²) in [4.78, 5) is 7.53. The van der Waals surface area contributed by atoms with Gasteiger partial charge in [-0.2, -0.15) is 0 Å². The summed E-state index contributed by atoms with van der Waals surface area (Å²) < 4.78 is 0. The Kier molecular flexibility index (Phi) is 3.94. The highest BCUT2D eigenvalue weighted by molar-refractivity contribution is 5.29. The predicted molar refractivity (Wildman–Crippen MR) is 69.9 cm³/mol. The van der Waals surface area contributed by atoms with Crippen LogP contribution in [0, 0.1) is 0 Å². The van der Waals surface area contributed by atoms with E-state index in [1.807, 2.05) is 6.20 Å². The van der Waals surface area contributed by atoms with E-state index in [-0.39, 0.29) is 6.04 Å². The van der Waals surface area contributed by atoms with E-state index in [1.165, 1.54) is 11.1 Å². The molecule has 0 radical (unpaired) electrons. The zero-order chi connectivity index (χ0) is 12.1. The van der Waals surface area contributed by atoms with Crippen LogP contribution in [0.15, 0.2) is 36.7 Å². The average Bonchev–Trinajstić information content (AvgIpc) is 2.89. The zero-order valence-electron chi connectivity index (χ0n) is 10.4. The highest BCUT2D eigenvalue weighted by Gasteiger charge is 2.14. The highest BCUT2D eigenvalue weighted by Crippen LogP contribution is 2.20. The fourth-order valence-electron chi connectivity index (χ4n) is 2.00. The number of benzene rings is 1. The fraction of sp³-hybridized carbons (Fsp3) is 0.357. The number of hydrogen-bond donors (Lipinski definition) is 2. The molecule has 17 heavy (non-hydrogen) atoms. The summed E-state index contributed by atoms with van der Waals surface area (Å²) in [5.41, 5.74) is 2.62. The minimum absolute atomic E-state index is 0.154. The molecular weight excluding hydrogens is 210 g/mol. The zero-order valence-corrected chi connectivity index (χ0v) is 10.4. The molecule has 0 aliphatic carbocycles. The van der Waals surface area contributed by atoms with Crippen molar-refractivity contribution >= 4 is 0 Å². The molecule has 0 aliphatic heterocycles. The summed E-state index contributed by atoms with van der Waals surface area (Å²) in [5, 5.41) is 3.46. The second kappa shape index (κ2) is 5.64. The smallest absolute Gasteiger partial charge is 0.127 e. The lowest BCUT2D eigenvalue weighted by Crippen LogP contribution is -2.23. The third-order valence-electron chi connectivity index (χ3n) is 2.89. The molecule has 1 aromatic heterocycles. The molecule has 1 atom stereocenters. The minimum atomic E-state index is 0.154. The van der Waals surface area contributed by atoms with E-state index in [4.69, 9.17) is 0 Å². The summed E-state index contributed by atoms with van der Waals surface area (Å²) >= 11 is 0. The van der Waals surface area contributed by atoms with Crippen LogP contribution in [0.3, 0.4) is 0 Å². The monoisotopic (exact) mass is 229 g/mol. The quantitative estimate of drug-likeness (QED) is 0.827. The summed E-state index contributed by atoms with van der Waals surface area (Å²) in [6.07, 6.45) is 4.72. The summed E-state index contributed by atoms with van der Waals surface area (Å²) in [7, 11) is 0. The van der Waals surface area contributed by atoms with Gasteiger partial charge in [-0.15, -0.1) is 0 Å². The van der Waals surface area contributed by atoms with Crippen LogP contribution >= 0.6 is 0 Å². The molecule has 3 heteroatoms. The molecule has 0 bridgehead atoms. The van der Waals surface area contributed by atoms with Gasteiger partial charge in [-0.3, -0.25) is 0 Å². The van der Waals surface area contributed by atoms with Crippen LogP contribution in [0.1, 0.15) is 36.8 Å². The van der Waals surface area contributed by atoms with Gasteiger partial charge in [-0.1, -0.05) is 38.1 Å². The van der Waals surface area contributed by atoms with Crippen molar-refractivity contribution < 1.29 is 0 Å². The van der Waals surface area contributed by atoms with Crippen LogP contribution in [0.4, 0.5) is 0 Å². The minimum Gasteiger partial charge on any atom is -0.347 e. The van der Waals surface area contributed by atoms with Gasteiger partial charge in [0.15, 0.2) is 0 Å². The van der Waals surface area contributed by atoms with Crippen LogP contribution in [0.2, 0.25) is 0 Å². The first-order valence-corrected chi connectivity index (χ1v) is 6.16. The van der Waals surface area contributed by atoms with Crippen LogP contribution in [-0.2, 0) is 6.42 Å². The van der Waals surface area contributed by atoms with Gasteiger partial charge in [0, 0.05) is 12.4 Å². The number of imidazole rings is 1. The molecule has 2 rings (SSSR count). The van der Waals surface area contributed by atoms with Gasteiger partial charge in [0.1, 0.15) is 5.82 Å². The van der Waals surface area contributed by atoms with Gasteiger partial charge in [0.05, 0.1) is 6.04 Å². The van der Waals surface area contributed by atoms with E-state index in [0.29, 0.717) is 0 Å². The Morgan fingerprint density at radius 2 is 2.24 bits per heavy atom. The molecule has 1 heterocycles. The third kappa shape index (κ3) is 2.74. The first kappa shape index (κ1) is 11.9. The van der Waals surface area contributed by atoms with Gasteiger partial charge < -0.3 is 10.3 Å². The van der Waals surface area contributed by atoms with E-state index in [0.717, 1.165) is 18.8 Å². The van der Waals surface area contributed by atoms with E-state index in [1.54, 1.807) is 6.20 Å². The lowest BCUT2D eigenvalue weighted by atomic mass is 10.0. The van der Waals surface area contributed by atoms with E-state index < -0.39 is 0 Å². The van der Waals surface area contributed by atoms with Crippen molar-refractivity contribution in [2.24, 2.45) is 0 Å². The van der Waals surface area contributed by atoms with Crippen LogP contribution in [0.25, 0.3) is 0 Å². The van der Waals surface area contributed by atoms with Crippen molar-refractivity contribution in [1.29, 1.82) is 0 Å². The Labute approximate surface area is 102 Å². The number of rotatable bonds is 5. The molecule has 0 fully saturated rings. The van der Waals surface area contributed by atoms with Gasteiger partial charge in [-0.05, 0) is 24.1 Å². The number of aryl methyl sites for hydroxylation is 1. The average molecular weight is 229 g/mol. The molecule has 0 aliphatic rings. The predicted octanol–water partition coefficient (Wildman–Crippen LogP) is 2.67. The highest BCUT2D eigenvalue weighted by atomic mass is 15.0. The number of hydrogen-bond acceptors (Lipinski definition) is 2. The maximum absolute atomic E-state index is 4.35. The number of aromatic nitrogens is 2. The maximum atomic E-state index is 4.35. The topological polar surface area (TPSA) is 40.7 Å². The molecule has 0 amide bonds. The molecule has 2 N–H and O–H groups in total. The number of nitrogens with zero attached hydrogens (tertiary/aromatic N) is 1. The molecule has 2 aromatic rings. The third-order valence-corrected chi connectivity index (χ3v) is 2.89. The molecule has 0 saturated carbocycles. The van der Waals surface area contributed by atoms with Crippen molar-refractivity contribution in [2.75, 3.05) is 6.54 Å². The van der Waals surface area contributed by atoms with Crippen molar-refractivity contribution in [3.63, 3.8) is 0 Å². The Bertz CT molecular complexity index is 448. The van der Waals surface area contributed by atoms with Crippen LogP contribution < -0.4 is 5.32 Å². The van der Waals surface area contributed by atoms with Crippen LogP contribution in [-0.4, -0.2) is 16.5 Å². The van der Waals surface area contributed by atoms with Gasteiger partial charge >= 0.3 is 0 Å². The number of aromatic amines is 1. The lowest BCUT2D eigenvalue weighted by molar-refractivity contribution is 0.603. The second-order valence-electron chi connectivity index (χ2n) is 4.06. The number of H-pyrrole nitrogens is 1. The Morgan fingerprint density at radius 3 is 2.88 bits per heavy atom. The maximum Gasteiger partial charge on any atom is 0.127 e. The number of nitrogens with one attached hydrogen (secondary N) is 2. The molecule has 1 unspecified atom stereocenters. The first-order chi connectivity index (χ1) is 8.35. The Morgan fingerprint density at radius 1 is 1.35 bits per heavy atom. The Balaban J connectivity index is 2.32. The van der Waals surface area contributed by atoms with Gasteiger partial charge in [0.2, 0.25) is 0 Å². The molecule has 0 saturated heterocycles. The SMILES string of the molecule is CCNC(c1cccc(CC)c1)c1ncc[nH]1. The fourth-order valence-corrected chi connectivity index (χ4v) is 2.00. The summed E-state index contributed by atoms with van der Waals surface area (Å²) in [5.74, 6) is 0.972. The molecule has 1 aromatic carbocycles. The van der Waals surface area contributed by atoms with E-state index in [2.05, 4.69) is 53.4 Å². The molecule has 90 valence electrons. The normalized spacial score (nSPS) is 12.6. The van der Waals surface area contributed by atoms with Crippen LogP contribution in [0.5, 0.6) is 0 Å². The van der Waals surface area contributed by atoms with Crippen molar-refractivity contribution in [1.82, 2.24) is 15.3 Å². The summed E-state index contributed by atoms with van der Waals surface area (Å²) in [6, 6.07) is 8.82. The van der Waals surface area contributed by atoms with E-state index in [9.17, 15) is 0 Å². The molecule has 3 nitrogen and oxygen atoms in total. The molecular formula is C14H19N3. The summed E-state index contributed by atoms with van der Waals surface area (Å²) in [6.45, 7) is 5.20. The van der Waals surface area contributed by atoms with Gasteiger partial charge in [-0.25, -0.2) is 4.98 Å².